The minimum absolute atomic E-state index is 0.0399. The van der Waals surface area contributed by atoms with Crippen molar-refractivity contribution in [2.24, 2.45) is 56.2 Å². The third-order valence-electron chi connectivity index (χ3n) is 14.2. The monoisotopic (exact) mass is 590 g/mol. The summed E-state index contributed by atoms with van der Waals surface area (Å²) >= 11 is 0. The van der Waals surface area contributed by atoms with Gasteiger partial charge >= 0.3 is 6.18 Å². The number of halogens is 3. The number of rotatable bonds is 2. The number of ketones is 2. The number of nitrogens with zero attached hydrogens (tertiary/aromatic N) is 1. The summed E-state index contributed by atoms with van der Waals surface area (Å²) in [7, 11) is 0. The number of ether oxygens (including phenoxy) is 1. The average Bonchev–Trinajstić information content (AvgIpc) is 3.64. The van der Waals surface area contributed by atoms with Crippen molar-refractivity contribution in [3.63, 3.8) is 0 Å². The molecule has 1 saturated heterocycles. The molecule has 232 valence electrons. The van der Waals surface area contributed by atoms with E-state index in [0.717, 1.165) is 19.3 Å². The van der Waals surface area contributed by atoms with Crippen LogP contribution in [0.15, 0.2) is 0 Å². The summed E-state index contributed by atoms with van der Waals surface area (Å²) in [6.45, 7) is 13.3. The van der Waals surface area contributed by atoms with E-state index in [1.54, 1.807) is 0 Å². The van der Waals surface area contributed by atoms with E-state index in [1.165, 1.54) is 0 Å². The van der Waals surface area contributed by atoms with Crippen LogP contribution < -0.4 is 5.32 Å². The second kappa shape index (κ2) is 8.40. The molecule has 5 aliphatic carbocycles. The number of carbonyl (C=O) groups is 3. The maximum atomic E-state index is 14.6. The Labute approximate surface area is 246 Å². The van der Waals surface area contributed by atoms with Gasteiger partial charge in [-0.3, -0.25) is 14.4 Å². The zero-order valence-electron chi connectivity index (χ0n) is 26.0. The molecule has 0 radical (unpaired) electrons. The number of alkyl halides is 3. The molecule has 0 aromatic heterocycles. The third kappa shape index (κ3) is 3.51. The van der Waals surface area contributed by atoms with Crippen LogP contribution in [0.2, 0.25) is 0 Å². The molecule has 1 heterocycles. The second-order valence-electron chi connectivity index (χ2n) is 16.8. The standard InChI is InChI=1S/C33H45F3N2O4/c1-26(2)10-12-31(25(41)38-17-33(34,35)36)13-11-29(6)22(18(31)15-26)19(39)14-21-28(29,5)9-8-20-27(3,4)23(40)32(16-37)24(42-32)30(20,21)7/h18,20-22,24H,8-15,17H2,1-7H3,(H,38,41)/t18?,20-,21-,22+,24+,28+,29+,30-,31-,32-/m0/s1. The number of nitrogens with one attached hydrogen (secondary N) is 1. The summed E-state index contributed by atoms with van der Waals surface area (Å²) in [5, 5.41) is 12.4. The summed E-state index contributed by atoms with van der Waals surface area (Å²) in [4.78, 5) is 41.9. The Bertz CT molecular complexity index is 1300. The van der Waals surface area contributed by atoms with Crippen LogP contribution in [0.3, 0.4) is 0 Å². The minimum atomic E-state index is -4.51. The van der Waals surface area contributed by atoms with Gasteiger partial charge in [0, 0.05) is 23.2 Å². The summed E-state index contributed by atoms with van der Waals surface area (Å²) in [6.07, 6.45) is -0.371. The lowest BCUT2D eigenvalue weighted by Crippen LogP contribution is -2.71. The molecule has 42 heavy (non-hydrogen) atoms. The van der Waals surface area contributed by atoms with Crippen LogP contribution in [0, 0.1) is 67.5 Å². The van der Waals surface area contributed by atoms with Crippen LogP contribution in [0.5, 0.6) is 0 Å². The van der Waals surface area contributed by atoms with Gasteiger partial charge in [0.05, 0.1) is 5.41 Å². The van der Waals surface area contributed by atoms with Crippen molar-refractivity contribution in [3.8, 4) is 6.07 Å². The van der Waals surface area contributed by atoms with Crippen LogP contribution in [-0.2, 0) is 19.1 Å². The quantitative estimate of drug-likeness (QED) is 0.388. The largest absolute Gasteiger partial charge is 0.405 e. The molecule has 10 atom stereocenters. The summed E-state index contributed by atoms with van der Waals surface area (Å²) in [5.74, 6) is -1.58. The van der Waals surface area contributed by atoms with Crippen LogP contribution in [0.1, 0.15) is 99.8 Å². The van der Waals surface area contributed by atoms with E-state index in [1.807, 2.05) is 13.8 Å². The lowest BCUT2D eigenvalue weighted by molar-refractivity contribution is -0.233. The third-order valence-corrected chi connectivity index (χ3v) is 14.2. The first-order valence-corrected chi connectivity index (χ1v) is 15.7. The summed E-state index contributed by atoms with van der Waals surface area (Å²) < 4.78 is 45.6. The van der Waals surface area contributed by atoms with Gasteiger partial charge in [0.1, 0.15) is 24.5 Å². The predicted octanol–water partition coefficient (Wildman–Crippen LogP) is 6.18. The van der Waals surface area contributed by atoms with E-state index in [4.69, 9.17) is 4.74 Å². The van der Waals surface area contributed by atoms with Gasteiger partial charge in [-0.15, -0.1) is 0 Å². The summed E-state index contributed by atoms with van der Waals surface area (Å²) in [5.41, 5.74) is -4.75. The van der Waals surface area contributed by atoms with Gasteiger partial charge in [-0.2, -0.15) is 18.4 Å². The number of carbonyl (C=O) groups excluding carboxylic acids is 3. The fraction of sp³-hybridized carbons (Fsp3) is 0.879. The number of hydrogen-bond donors (Lipinski definition) is 1. The zero-order chi connectivity index (χ0) is 31.1. The molecule has 1 N–H and O–H groups in total. The fourth-order valence-electron chi connectivity index (χ4n) is 11.9. The van der Waals surface area contributed by atoms with Crippen molar-refractivity contribution in [1.29, 1.82) is 5.26 Å². The Morgan fingerprint density at radius 1 is 0.976 bits per heavy atom. The van der Waals surface area contributed by atoms with Gasteiger partial charge in [-0.1, -0.05) is 48.5 Å². The molecule has 5 saturated carbocycles. The highest BCUT2D eigenvalue weighted by Crippen LogP contribution is 2.78. The second-order valence-corrected chi connectivity index (χ2v) is 16.8. The molecule has 6 nitrogen and oxygen atoms in total. The molecule has 9 heteroatoms. The van der Waals surface area contributed by atoms with E-state index >= 15 is 0 Å². The first kappa shape index (κ1) is 30.1. The average molecular weight is 591 g/mol. The molecule has 0 aromatic rings. The zero-order valence-corrected chi connectivity index (χ0v) is 26.0. The molecule has 6 aliphatic rings. The Morgan fingerprint density at radius 2 is 1.62 bits per heavy atom. The smallest absolute Gasteiger partial charge is 0.346 e. The van der Waals surface area contributed by atoms with Gasteiger partial charge in [0.15, 0.2) is 5.78 Å². The van der Waals surface area contributed by atoms with E-state index in [0.29, 0.717) is 25.7 Å². The van der Waals surface area contributed by atoms with Crippen molar-refractivity contribution < 1.29 is 32.3 Å². The highest BCUT2D eigenvalue weighted by atomic mass is 19.4. The topological polar surface area (TPSA) is 99.6 Å². The molecular formula is C33H45F3N2O4. The van der Waals surface area contributed by atoms with Crippen molar-refractivity contribution in [3.05, 3.63) is 0 Å². The fourth-order valence-corrected chi connectivity index (χ4v) is 11.9. The molecule has 1 unspecified atom stereocenters. The Hall–Kier alpha value is -1.95. The van der Waals surface area contributed by atoms with Gasteiger partial charge in [0.25, 0.3) is 0 Å². The van der Waals surface area contributed by atoms with Crippen molar-refractivity contribution in [2.75, 3.05) is 6.54 Å². The molecule has 0 aromatic carbocycles. The van der Waals surface area contributed by atoms with E-state index < -0.39 is 57.9 Å². The molecule has 6 rings (SSSR count). The van der Waals surface area contributed by atoms with E-state index in [-0.39, 0.29) is 46.6 Å². The van der Waals surface area contributed by atoms with Gasteiger partial charge < -0.3 is 10.1 Å². The summed E-state index contributed by atoms with van der Waals surface area (Å²) in [6, 6.07) is 2.21. The number of nitriles is 1. The molecule has 1 aliphatic heterocycles. The van der Waals surface area contributed by atoms with Crippen molar-refractivity contribution >= 4 is 17.5 Å². The van der Waals surface area contributed by atoms with Crippen LogP contribution >= 0.6 is 0 Å². The molecule has 1 amide bonds. The first-order chi connectivity index (χ1) is 19.2. The van der Waals surface area contributed by atoms with Crippen LogP contribution in [0.4, 0.5) is 13.2 Å². The van der Waals surface area contributed by atoms with Gasteiger partial charge in [0.2, 0.25) is 11.5 Å². The van der Waals surface area contributed by atoms with Crippen LogP contribution in [0.25, 0.3) is 0 Å². The van der Waals surface area contributed by atoms with E-state index in [2.05, 4.69) is 46.0 Å². The maximum Gasteiger partial charge on any atom is 0.405 e. The van der Waals surface area contributed by atoms with Crippen molar-refractivity contribution in [1.82, 2.24) is 5.32 Å². The van der Waals surface area contributed by atoms with Gasteiger partial charge in [-0.05, 0) is 78.9 Å². The van der Waals surface area contributed by atoms with E-state index in [9.17, 15) is 32.8 Å². The lowest BCUT2D eigenvalue weighted by atomic mass is 9.31. The molecular weight excluding hydrogens is 545 g/mol. The number of epoxide rings is 1. The number of hydrogen-bond acceptors (Lipinski definition) is 5. The van der Waals surface area contributed by atoms with Crippen LogP contribution in [-0.4, -0.2) is 41.9 Å². The Kier molecular flexibility index (Phi) is 6.02. The number of amides is 1. The number of Topliss-reactive ketones (excluding diaryl/α,β-unsaturated/α-hetero) is 2. The molecule has 0 bridgehead atoms. The Balaban J connectivity index is 1.42. The Morgan fingerprint density at radius 3 is 2.24 bits per heavy atom. The highest BCUT2D eigenvalue weighted by molar-refractivity contribution is 6.00. The normalized spacial score (nSPS) is 50.2. The first-order valence-electron chi connectivity index (χ1n) is 15.7. The molecule has 6 fully saturated rings. The SMILES string of the molecule is CC1(C)CC[C@]2(C(=O)NCC(F)(F)F)CC[C@]3(C)[C@@H](C(=O)C[C@@H]4[C@@]5(C)[C@H]6O[C@@]6(C#N)C(=O)C(C)(C)[C@@H]5CC[C@]43C)C2C1. The predicted molar refractivity (Wildman–Crippen MR) is 148 cm³/mol. The van der Waals surface area contributed by atoms with Gasteiger partial charge in [-0.25, -0.2) is 0 Å². The highest BCUT2D eigenvalue weighted by Gasteiger charge is 2.84. The lowest BCUT2D eigenvalue weighted by Gasteiger charge is -2.72. The maximum absolute atomic E-state index is 14.6. The minimum Gasteiger partial charge on any atom is -0.346 e. The number of fused-ring (bicyclic) bond motifs is 9. The van der Waals surface area contributed by atoms with Crippen molar-refractivity contribution in [2.45, 2.75) is 118 Å². The molecule has 0 spiro atoms.